The maximum absolute atomic E-state index is 5.44. The summed E-state index contributed by atoms with van der Waals surface area (Å²) in [7, 11) is 1.72. The van der Waals surface area contributed by atoms with E-state index < -0.39 is 0 Å². The fourth-order valence-electron chi connectivity index (χ4n) is 3.83. The summed E-state index contributed by atoms with van der Waals surface area (Å²) in [6, 6.07) is 6.83. The van der Waals surface area contributed by atoms with Crippen LogP contribution in [0.25, 0.3) is 0 Å². The van der Waals surface area contributed by atoms with Crippen molar-refractivity contribution in [1.82, 2.24) is 19.8 Å². The molecule has 6 heteroatoms. The first kappa shape index (κ1) is 20.2. The molecule has 1 fully saturated rings. The first-order chi connectivity index (χ1) is 13.6. The highest BCUT2D eigenvalue weighted by atomic mass is 16.5. The van der Waals surface area contributed by atoms with E-state index in [0.717, 1.165) is 56.3 Å². The Hall–Kier alpha value is -2.50. The quantitative estimate of drug-likeness (QED) is 0.614. The number of benzene rings is 1. The molecule has 1 aromatic heterocycles. The van der Waals surface area contributed by atoms with Gasteiger partial charge in [-0.1, -0.05) is 19.1 Å². The lowest BCUT2D eigenvalue weighted by molar-refractivity contribution is 0.189. The van der Waals surface area contributed by atoms with Crippen LogP contribution in [0.1, 0.15) is 37.4 Å². The molecule has 2 unspecified atom stereocenters. The Morgan fingerprint density at radius 3 is 2.96 bits per heavy atom. The second-order valence-corrected chi connectivity index (χ2v) is 7.58. The molecule has 3 rings (SSSR count). The summed E-state index contributed by atoms with van der Waals surface area (Å²) in [5.41, 5.74) is 2.42. The molecule has 1 N–H and O–H groups in total. The molecular formula is C22H33N5O. The average Bonchev–Trinajstić information content (AvgIpc) is 3.23. The van der Waals surface area contributed by atoms with Gasteiger partial charge in [-0.05, 0) is 49.8 Å². The summed E-state index contributed by atoms with van der Waals surface area (Å²) in [6.45, 7) is 10.2. The Labute approximate surface area is 168 Å². The van der Waals surface area contributed by atoms with Crippen molar-refractivity contribution in [1.29, 1.82) is 0 Å². The van der Waals surface area contributed by atoms with E-state index in [0.29, 0.717) is 12.0 Å². The van der Waals surface area contributed by atoms with Crippen LogP contribution in [0.4, 0.5) is 0 Å². The van der Waals surface area contributed by atoms with Crippen molar-refractivity contribution in [2.75, 3.05) is 33.3 Å². The molecule has 6 nitrogen and oxygen atoms in total. The minimum absolute atomic E-state index is 0.432. The van der Waals surface area contributed by atoms with Gasteiger partial charge in [0.2, 0.25) is 0 Å². The first-order valence-corrected chi connectivity index (χ1v) is 10.3. The Kier molecular flexibility index (Phi) is 6.95. The zero-order valence-corrected chi connectivity index (χ0v) is 17.6. The highest BCUT2D eigenvalue weighted by Gasteiger charge is 2.28. The Morgan fingerprint density at radius 1 is 1.39 bits per heavy atom. The lowest BCUT2D eigenvalue weighted by atomic mass is 9.93. The zero-order valence-electron chi connectivity index (χ0n) is 17.6. The SMILES string of the molecule is CCNC(=NCCc1ccc(C)c(OC)c1)N1CCC(C)C(n2ccnc2)C1. The van der Waals surface area contributed by atoms with Crippen LogP contribution < -0.4 is 10.1 Å². The average molecular weight is 384 g/mol. The van der Waals surface area contributed by atoms with Gasteiger partial charge < -0.3 is 19.5 Å². The molecule has 152 valence electrons. The van der Waals surface area contributed by atoms with E-state index in [1.807, 2.05) is 12.5 Å². The molecule has 0 aliphatic carbocycles. The molecule has 0 spiro atoms. The predicted molar refractivity (Wildman–Crippen MR) is 114 cm³/mol. The van der Waals surface area contributed by atoms with Crippen molar-refractivity contribution in [3.05, 3.63) is 48.0 Å². The van der Waals surface area contributed by atoms with Gasteiger partial charge in [-0.25, -0.2) is 4.98 Å². The van der Waals surface area contributed by atoms with Crippen molar-refractivity contribution in [3.63, 3.8) is 0 Å². The van der Waals surface area contributed by atoms with E-state index >= 15 is 0 Å². The summed E-state index contributed by atoms with van der Waals surface area (Å²) in [6.07, 6.45) is 7.92. The standard InChI is InChI=1S/C22H33N5O/c1-5-24-22(25-10-8-19-7-6-18(3)21(14-19)28-4)26-12-9-17(2)20(15-26)27-13-11-23-16-27/h6-7,11,13-14,16-17,20H,5,8-10,12,15H2,1-4H3,(H,24,25). The minimum atomic E-state index is 0.432. The molecule has 0 bridgehead atoms. The van der Waals surface area contributed by atoms with Gasteiger partial charge in [0.25, 0.3) is 0 Å². The summed E-state index contributed by atoms with van der Waals surface area (Å²) >= 11 is 0. The van der Waals surface area contributed by atoms with Gasteiger partial charge in [0.05, 0.1) is 19.5 Å². The van der Waals surface area contributed by atoms with Crippen LogP contribution in [0, 0.1) is 12.8 Å². The van der Waals surface area contributed by atoms with E-state index in [1.54, 1.807) is 7.11 Å². The number of piperidine rings is 1. The van der Waals surface area contributed by atoms with Crippen LogP contribution in [0.5, 0.6) is 5.75 Å². The van der Waals surface area contributed by atoms with Crippen LogP contribution >= 0.6 is 0 Å². The lowest BCUT2D eigenvalue weighted by Crippen LogP contribution is -2.49. The largest absolute Gasteiger partial charge is 0.496 e. The van der Waals surface area contributed by atoms with E-state index in [9.17, 15) is 0 Å². The van der Waals surface area contributed by atoms with Crippen molar-refractivity contribution < 1.29 is 4.74 Å². The molecule has 1 saturated heterocycles. The minimum Gasteiger partial charge on any atom is -0.496 e. The number of guanidine groups is 1. The fraction of sp³-hybridized carbons (Fsp3) is 0.545. The van der Waals surface area contributed by atoms with Crippen molar-refractivity contribution in [3.8, 4) is 5.75 Å². The third-order valence-electron chi connectivity index (χ3n) is 5.60. The molecule has 0 radical (unpaired) electrons. The number of hydrogen-bond donors (Lipinski definition) is 1. The van der Waals surface area contributed by atoms with E-state index in [1.165, 1.54) is 5.56 Å². The number of hydrogen-bond acceptors (Lipinski definition) is 3. The third kappa shape index (κ3) is 4.86. The predicted octanol–water partition coefficient (Wildman–Crippen LogP) is 3.29. The maximum atomic E-state index is 5.44. The molecule has 28 heavy (non-hydrogen) atoms. The summed E-state index contributed by atoms with van der Waals surface area (Å²) in [4.78, 5) is 11.5. The van der Waals surface area contributed by atoms with E-state index in [-0.39, 0.29) is 0 Å². The monoisotopic (exact) mass is 383 g/mol. The number of nitrogens with zero attached hydrogens (tertiary/aromatic N) is 4. The Balaban J connectivity index is 1.66. The van der Waals surface area contributed by atoms with Crippen molar-refractivity contribution in [2.45, 2.75) is 39.7 Å². The zero-order chi connectivity index (χ0) is 19.9. The number of imidazole rings is 1. The number of likely N-dealkylation sites (tertiary alicyclic amines) is 1. The molecule has 1 aliphatic heterocycles. The van der Waals surface area contributed by atoms with Gasteiger partial charge in [-0.2, -0.15) is 0 Å². The molecule has 0 amide bonds. The van der Waals surface area contributed by atoms with Gasteiger partial charge in [0.15, 0.2) is 5.96 Å². The number of aliphatic imine (C=N–C) groups is 1. The normalized spacial score (nSPS) is 20.3. The van der Waals surface area contributed by atoms with Crippen LogP contribution in [0.3, 0.4) is 0 Å². The van der Waals surface area contributed by atoms with Crippen LogP contribution in [-0.2, 0) is 6.42 Å². The number of aryl methyl sites for hydroxylation is 1. The molecule has 2 heterocycles. The maximum Gasteiger partial charge on any atom is 0.193 e. The number of nitrogens with one attached hydrogen (secondary N) is 1. The molecular weight excluding hydrogens is 350 g/mol. The van der Waals surface area contributed by atoms with Crippen LogP contribution in [-0.4, -0.2) is 53.7 Å². The van der Waals surface area contributed by atoms with Gasteiger partial charge >= 0.3 is 0 Å². The molecule has 2 aromatic rings. The smallest absolute Gasteiger partial charge is 0.193 e. The number of aromatic nitrogens is 2. The first-order valence-electron chi connectivity index (χ1n) is 10.3. The van der Waals surface area contributed by atoms with Gasteiger partial charge in [-0.3, -0.25) is 4.99 Å². The molecule has 1 aromatic carbocycles. The third-order valence-corrected chi connectivity index (χ3v) is 5.60. The second kappa shape index (κ2) is 9.62. The molecule has 2 atom stereocenters. The van der Waals surface area contributed by atoms with Crippen LogP contribution in [0.15, 0.2) is 41.9 Å². The highest BCUT2D eigenvalue weighted by molar-refractivity contribution is 5.80. The lowest BCUT2D eigenvalue weighted by Gasteiger charge is -2.39. The summed E-state index contributed by atoms with van der Waals surface area (Å²) in [5, 5.41) is 3.48. The summed E-state index contributed by atoms with van der Waals surface area (Å²) in [5.74, 6) is 2.59. The van der Waals surface area contributed by atoms with Crippen LogP contribution in [0.2, 0.25) is 0 Å². The molecule has 0 saturated carbocycles. The van der Waals surface area contributed by atoms with E-state index in [4.69, 9.17) is 9.73 Å². The Morgan fingerprint density at radius 2 is 2.25 bits per heavy atom. The Bertz CT molecular complexity index is 771. The summed E-state index contributed by atoms with van der Waals surface area (Å²) < 4.78 is 7.68. The highest BCUT2D eigenvalue weighted by Crippen LogP contribution is 2.27. The number of rotatable bonds is 6. The fourth-order valence-corrected chi connectivity index (χ4v) is 3.83. The van der Waals surface area contributed by atoms with E-state index in [2.05, 4.69) is 64.9 Å². The van der Waals surface area contributed by atoms with Crippen molar-refractivity contribution in [2.24, 2.45) is 10.9 Å². The van der Waals surface area contributed by atoms with Gasteiger partial charge in [0.1, 0.15) is 5.75 Å². The second-order valence-electron chi connectivity index (χ2n) is 7.58. The number of methoxy groups -OCH3 is 1. The number of ether oxygens (including phenoxy) is 1. The molecule has 1 aliphatic rings. The topological polar surface area (TPSA) is 54.7 Å². The van der Waals surface area contributed by atoms with Crippen molar-refractivity contribution >= 4 is 5.96 Å². The van der Waals surface area contributed by atoms with Gasteiger partial charge in [-0.15, -0.1) is 0 Å². The van der Waals surface area contributed by atoms with Gasteiger partial charge in [0, 0.05) is 38.6 Å².